The van der Waals surface area contributed by atoms with Crippen LogP contribution in [-0.2, 0) is 5.41 Å². The van der Waals surface area contributed by atoms with E-state index in [4.69, 9.17) is 0 Å². The summed E-state index contributed by atoms with van der Waals surface area (Å²) in [7, 11) is 0. The molecule has 0 unspecified atom stereocenters. The summed E-state index contributed by atoms with van der Waals surface area (Å²) in [6.07, 6.45) is 7.72. The Morgan fingerprint density at radius 1 is 0.583 bits per heavy atom. The summed E-state index contributed by atoms with van der Waals surface area (Å²) in [6, 6.07) is 32.5. The molecule has 0 nitrogen and oxygen atoms in total. The van der Waals surface area contributed by atoms with E-state index >= 15 is 0 Å². The fourth-order valence-electron chi connectivity index (χ4n) is 3.78. The molecule has 0 heterocycles. The van der Waals surface area contributed by atoms with Crippen LogP contribution in [0.3, 0.4) is 0 Å². The first kappa shape index (κ1) is 14.7. The fourth-order valence-corrected chi connectivity index (χ4v) is 3.78. The molecule has 1 aliphatic carbocycles. The first-order valence-corrected chi connectivity index (χ1v) is 8.45. The molecule has 0 spiro atoms. The summed E-state index contributed by atoms with van der Waals surface area (Å²) < 4.78 is 0. The molecule has 4 rings (SSSR count). The Hall–Kier alpha value is -2.86. The summed E-state index contributed by atoms with van der Waals surface area (Å²) >= 11 is 0. The van der Waals surface area contributed by atoms with Crippen molar-refractivity contribution < 1.29 is 0 Å². The summed E-state index contributed by atoms with van der Waals surface area (Å²) in [5.41, 5.74) is 5.20. The van der Waals surface area contributed by atoms with Gasteiger partial charge in [-0.25, -0.2) is 0 Å². The molecule has 0 heteroatoms. The Morgan fingerprint density at radius 2 is 1.08 bits per heavy atom. The Kier molecular flexibility index (Phi) is 3.88. The Labute approximate surface area is 143 Å². The van der Waals surface area contributed by atoms with Gasteiger partial charge in [0.15, 0.2) is 0 Å². The molecule has 0 fully saturated rings. The molecule has 0 aliphatic heterocycles. The van der Waals surface area contributed by atoms with E-state index in [-0.39, 0.29) is 5.41 Å². The minimum absolute atomic E-state index is 0.140. The largest absolute Gasteiger partial charge is 0.0830 e. The van der Waals surface area contributed by atoms with Gasteiger partial charge in [0.1, 0.15) is 0 Å². The highest BCUT2D eigenvalue weighted by molar-refractivity contribution is 5.82. The van der Waals surface area contributed by atoms with Crippen LogP contribution in [-0.4, -0.2) is 0 Å². The highest BCUT2D eigenvalue weighted by atomic mass is 14.4. The Morgan fingerprint density at radius 3 is 1.62 bits per heavy atom. The number of hydrogen-bond donors (Lipinski definition) is 0. The molecule has 1 aliphatic rings. The van der Waals surface area contributed by atoms with E-state index in [1.54, 1.807) is 0 Å². The van der Waals surface area contributed by atoms with Gasteiger partial charge in [-0.2, -0.15) is 0 Å². The van der Waals surface area contributed by atoms with Crippen LogP contribution in [0, 0.1) is 0 Å². The number of rotatable bonds is 3. The standard InChI is InChI=1S/C24H20/c1-4-12-20(13-5-1)23-18-10-11-19-24(23,21-14-6-2-7-15-21)22-16-8-3-9-17-22/h1-18H,19H2. The third-order valence-corrected chi connectivity index (χ3v) is 4.90. The molecule has 0 bridgehead atoms. The molecule has 0 saturated heterocycles. The van der Waals surface area contributed by atoms with Gasteiger partial charge in [0.05, 0.1) is 0 Å². The monoisotopic (exact) mass is 308 g/mol. The predicted molar refractivity (Wildman–Crippen MR) is 102 cm³/mol. The van der Waals surface area contributed by atoms with Crippen LogP contribution in [0.4, 0.5) is 0 Å². The zero-order valence-electron chi connectivity index (χ0n) is 13.6. The van der Waals surface area contributed by atoms with Crippen molar-refractivity contribution in [3.8, 4) is 0 Å². The average Bonchev–Trinajstić information content (AvgIpc) is 2.70. The zero-order valence-corrected chi connectivity index (χ0v) is 13.6. The fraction of sp³-hybridized carbons (Fsp3) is 0.0833. The third kappa shape index (κ3) is 2.41. The lowest BCUT2D eigenvalue weighted by Gasteiger charge is -2.39. The van der Waals surface area contributed by atoms with Crippen molar-refractivity contribution in [3.05, 3.63) is 126 Å². The second-order valence-corrected chi connectivity index (χ2v) is 6.22. The first-order valence-electron chi connectivity index (χ1n) is 8.45. The molecule has 0 aromatic heterocycles. The minimum atomic E-state index is -0.140. The molecule has 0 saturated carbocycles. The number of allylic oxidation sites excluding steroid dienone is 4. The van der Waals surface area contributed by atoms with E-state index < -0.39 is 0 Å². The molecule has 24 heavy (non-hydrogen) atoms. The summed E-state index contributed by atoms with van der Waals surface area (Å²) in [4.78, 5) is 0. The van der Waals surface area contributed by atoms with Crippen molar-refractivity contribution in [1.29, 1.82) is 0 Å². The molecule has 0 N–H and O–H groups in total. The normalized spacial score (nSPS) is 15.8. The van der Waals surface area contributed by atoms with Crippen LogP contribution in [0.25, 0.3) is 5.57 Å². The lowest BCUT2D eigenvalue weighted by atomic mass is 9.63. The Bertz CT molecular complexity index is 816. The highest BCUT2D eigenvalue weighted by Gasteiger charge is 2.38. The van der Waals surface area contributed by atoms with Crippen LogP contribution in [0.15, 0.2) is 109 Å². The van der Waals surface area contributed by atoms with Gasteiger partial charge in [0, 0.05) is 5.41 Å². The maximum atomic E-state index is 2.28. The van der Waals surface area contributed by atoms with Gasteiger partial charge in [-0.3, -0.25) is 0 Å². The van der Waals surface area contributed by atoms with Gasteiger partial charge in [0.2, 0.25) is 0 Å². The number of benzene rings is 3. The van der Waals surface area contributed by atoms with Gasteiger partial charge < -0.3 is 0 Å². The van der Waals surface area contributed by atoms with Crippen molar-refractivity contribution in [3.63, 3.8) is 0 Å². The lowest BCUT2D eigenvalue weighted by Crippen LogP contribution is -2.30. The summed E-state index contributed by atoms with van der Waals surface area (Å²) in [6.45, 7) is 0. The van der Waals surface area contributed by atoms with Crippen LogP contribution >= 0.6 is 0 Å². The summed E-state index contributed by atoms with van der Waals surface area (Å²) in [5, 5.41) is 0. The van der Waals surface area contributed by atoms with Crippen molar-refractivity contribution in [2.45, 2.75) is 11.8 Å². The van der Waals surface area contributed by atoms with Gasteiger partial charge in [-0.15, -0.1) is 0 Å². The average molecular weight is 308 g/mol. The minimum Gasteiger partial charge on any atom is -0.0830 e. The van der Waals surface area contributed by atoms with Gasteiger partial charge in [0.25, 0.3) is 0 Å². The van der Waals surface area contributed by atoms with E-state index in [9.17, 15) is 0 Å². The van der Waals surface area contributed by atoms with Crippen molar-refractivity contribution in [2.24, 2.45) is 0 Å². The maximum absolute atomic E-state index is 2.28. The molecule has 116 valence electrons. The topological polar surface area (TPSA) is 0 Å². The molecule has 0 amide bonds. The predicted octanol–water partition coefficient (Wildman–Crippen LogP) is 6.02. The van der Waals surface area contributed by atoms with Crippen molar-refractivity contribution in [2.75, 3.05) is 0 Å². The van der Waals surface area contributed by atoms with E-state index in [1.807, 2.05) is 0 Å². The van der Waals surface area contributed by atoms with Crippen LogP contribution in [0.2, 0.25) is 0 Å². The SMILES string of the molecule is C1=CCC(c2ccccc2)(c2ccccc2)C(c2ccccc2)=C1. The van der Waals surface area contributed by atoms with E-state index in [2.05, 4.69) is 109 Å². The molecular formula is C24H20. The van der Waals surface area contributed by atoms with Crippen LogP contribution < -0.4 is 0 Å². The quantitative estimate of drug-likeness (QED) is 0.555. The molecular weight excluding hydrogens is 288 g/mol. The Balaban J connectivity index is 2.00. The van der Waals surface area contributed by atoms with Crippen molar-refractivity contribution in [1.82, 2.24) is 0 Å². The zero-order chi connectivity index (χ0) is 16.2. The van der Waals surface area contributed by atoms with E-state index in [0.29, 0.717) is 0 Å². The van der Waals surface area contributed by atoms with Crippen LogP contribution in [0.5, 0.6) is 0 Å². The maximum Gasteiger partial charge on any atom is 0.0491 e. The highest BCUT2D eigenvalue weighted by Crippen LogP contribution is 2.48. The number of hydrogen-bond acceptors (Lipinski definition) is 0. The molecule has 0 atom stereocenters. The second kappa shape index (κ2) is 6.33. The van der Waals surface area contributed by atoms with Gasteiger partial charge in [-0.1, -0.05) is 109 Å². The van der Waals surface area contributed by atoms with E-state index in [0.717, 1.165) is 6.42 Å². The second-order valence-electron chi connectivity index (χ2n) is 6.22. The first-order chi connectivity index (χ1) is 11.9. The molecule has 3 aromatic rings. The third-order valence-electron chi connectivity index (χ3n) is 4.90. The summed E-state index contributed by atoms with van der Waals surface area (Å²) in [5.74, 6) is 0. The van der Waals surface area contributed by atoms with Gasteiger partial charge in [-0.05, 0) is 28.7 Å². The molecule has 3 aromatic carbocycles. The smallest absolute Gasteiger partial charge is 0.0491 e. The van der Waals surface area contributed by atoms with Gasteiger partial charge >= 0.3 is 0 Å². The van der Waals surface area contributed by atoms with E-state index in [1.165, 1.54) is 22.3 Å². The van der Waals surface area contributed by atoms with Crippen molar-refractivity contribution >= 4 is 5.57 Å². The lowest BCUT2D eigenvalue weighted by molar-refractivity contribution is 0.669. The molecule has 0 radical (unpaired) electrons. The van der Waals surface area contributed by atoms with Crippen LogP contribution in [0.1, 0.15) is 23.1 Å².